The largest absolute Gasteiger partial charge is 0.396 e. The minimum atomic E-state index is -0.492. The number of nitrogens with two attached hydrogens (primary N) is 3. The third kappa shape index (κ3) is 11.6. The van der Waals surface area contributed by atoms with E-state index in [9.17, 15) is 9.59 Å². The lowest BCUT2D eigenvalue weighted by Gasteiger charge is -2.16. The van der Waals surface area contributed by atoms with E-state index in [1.807, 2.05) is 70.4 Å². The molecule has 0 radical (unpaired) electrons. The molecule has 0 spiro atoms. The summed E-state index contributed by atoms with van der Waals surface area (Å²) in [5, 5.41) is 9.63. The van der Waals surface area contributed by atoms with E-state index in [4.69, 9.17) is 57.0 Å². The maximum atomic E-state index is 12.0. The summed E-state index contributed by atoms with van der Waals surface area (Å²) in [7, 11) is 0. The highest BCUT2D eigenvalue weighted by Crippen LogP contribution is 2.50. The van der Waals surface area contributed by atoms with Crippen molar-refractivity contribution in [2.45, 2.75) is 116 Å². The van der Waals surface area contributed by atoms with Gasteiger partial charge in [-0.2, -0.15) is 10.2 Å². The van der Waals surface area contributed by atoms with Crippen molar-refractivity contribution in [2.75, 3.05) is 5.73 Å². The molecule has 2 fully saturated rings. The molecule has 2 saturated carbocycles. The zero-order chi connectivity index (χ0) is 43.9. The van der Waals surface area contributed by atoms with E-state index in [0.29, 0.717) is 47.1 Å². The Bertz CT molecular complexity index is 2470. The molecular formula is C46H56Cl3N11O2. The molecule has 4 aromatic heterocycles. The fourth-order valence-corrected chi connectivity index (χ4v) is 7.81. The van der Waals surface area contributed by atoms with Crippen LogP contribution >= 0.6 is 34.8 Å². The SMILES string of the molecule is C.CC(C)n1cc(Cc2ncc(Cl)c(CCc3ccccc3C3(C(N)=O)CC3)n2)cn1.CC(C)n1cc(N)cn1.NC(=O)C1(c2ccccc2CCc2nc(Cl)ncc2Cl)CC1. The molecule has 4 heterocycles. The van der Waals surface area contributed by atoms with Gasteiger partial charge in [-0.1, -0.05) is 79.2 Å². The lowest BCUT2D eigenvalue weighted by molar-refractivity contribution is -0.121. The number of carbonyl (C=O) groups excluding carboxylic acids is 2. The number of nitrogen functional groups attached to an aromatic ring is 1. The second-order valence-corrected chi connectivity index (χ2v) is 17.3. The van der Waals surface area contributed by atoms with Crippen molar-refractivity contribution < 1.29 is 9.59 Å². The quantitative estimate of drug-likeness (QED) is 0.0896. The number of hydrogen-bond donors (Lipinski definition) is 3. The number of hydrogen-bond acceptors (Lipinski definition) is 9. The number of rotatable bonds is 14. The molecule has 0 bridgehead atoms. The van der Waals surface area contributed by atoms with E-state index >= 15 is 0 Å². The summed E-state index contributed by atoms with van der Waals surface area (Å²) < 4.78 is 3.75. The van der Waals surface area contributed by atoms with Crippen LogP contribution in [0.2, 0.25) is 15.3 Å². The van der Waals surface area contributed by atoms with Gasteiger partial charge >= 0.3 is 0 Å². The van der Waals surface area contributed by atoms with Gasteiger partial charge in [-0.3, -0.25) is 19.0 Å². The minimum Gasteiger partial charge on any atom is -0.396 e. The van der Waals surface area contributed by atoms with Gasteiger partial charge in [-0.15, -0.1) is 0 Å². The Morgan fingerprint density at radius 2 is 1.13 bits per heavy atom. The van der Waals surface area contributed by atoms with Crippen LogP contribution in [0.25, 0.3) is 0 Å². The van der Waals surface area contributed by atoms with E-state index < -0.39 is 10.8 Å². The Hall–Kier alpha value is -5.37. The highest BCUT2D eigenvalue weighted by atomic mass is 35.5. The molecule has 2 aromatic carbocycles. The molecule has 0 saturated heterocycles. The van der Waals surface area contributed by atoms with Gasteiger partial charge < -0.3 is 17.2 Å². The number of primary amides is 2. The molecule has 13 nitrogen and oxygen atoms in total. The molecule has 2 aliphatic carbocycles. The standard InChI is InChI=1S/C23H26ClN5O.C16H15Cl2N3O.C6H11N3.CH4/c1-15(2)29-14-16(12-27-29)11-21-26-13-19(24)20(28-21)8-7-17-5-3-4-6-18(17)23(9-10-23)22(25)30;17-12-9-20-15(18)21-13(12)6-5-10-3-1-2-4-11(10)16(7-8-16)14(19)22;1-5(2)9-4-6(7)3-8-9;/h3-6,12-15H,7-11H2,1-2H3,(H2,25,30);1-4,9H,5-8H2,(H2,19,22);3-5H,7H2,1-2H3;1H4. The van der Waals surface area contributed by atoms with Gasteiger partial charge in [0.25, 0.3) is 0 Å². The van der Waals surface area contributed by atoms with Gasteiger partial charge in [0.1, 0.15) is 5.82 Å². The fraction of sp³-hybridized carbons (Fsp3) is 0.391. The molecule has 6 aromatic rings. The van der Waals surface area contributed by atoms with E-state index in [1.54, 1.807) is 12.4 Å². The maximum Gasteiger partial charge on any atom is 0.228 e. The summed E-state index contributed by atoms with van der Waals surface area (Å²) >= 11 is 18.3. The van der Waals surface area contributed by atoms with Crippen LogP contribution in [0, 0.1) is 0 Å². The van der Waals surface area contributed by atoms with Crippen LogP contribution in [0.4, 0.5) is 5.69 Å². The maximum absolute atomic E-state index is 12.0. The third-order valence-electron chi connectivity index (χ3n) is 11.1. The van der Waals surface area contributed by atoms with E-state index in [1.165, 1.54) is 6.20 Å². The zero-order valence-corrected chi connectivity index (χ0v) is 37.1. The average Bonchev–Trinajstić information content (AvgIpc) is 4.14. The Morgan fingerprint density at radius 1 is 0.661 bits per heavy atom. The number of halogens is 3. The molecule has 6 N–H and O–H groups in total. The molecule has 0 unspecified atom stereocenters. The summed E-state index contributed by atoms with van der Waals surface area (Å²) in [5.74, 6) is 0.240. The third-order valence-corrected chi connectivity index (χ3v) is 11.9. The summed E-state index contributed by atoms with van der Waals surface area (Å²) in [6.45, 7) is 8.31. The average molecular weight is 901 g/mol. The van der Waals surface area contributed by atoms with Gasteiger partial charge in [0, 0.05) is 37.1 Å². The van der Waals surface area contributed by atoms with Crippen molar-refractivity contribution >= 4 is 52.3 Å². The lowest BCUT2D eigenvalue weighted by atomic mass is 9.88. The monoisotopic (exact) mass is 899 g/mol. The molecule has 2 aliphatic rings. The second-order valence-electron chi connectivity index (χ2n) is 16.2. The topological polar surface area (TPSA) is 199 Å². The Kier molecular flexibility index (Phi) is 15.9. The Labute approximate surface area is 378 Å². The summed E-state index contributed by atoms with van der Waals surface area (Å²) in [6.07, 6.45) is 17.2. The van der Waals surface area contributed by atoms with Crippen LogP contribution in [0.15, 0.2) is 85.7 Å². The first-order valence-corrected chi connectivity index (χ1v) is 21.5. The van der Waals surface area contributed by atoms with Crippen molar-refractivity contribution in [1.82, 2.24) is 39.5 Å². The first-order chi connectivity index (χ1) is 29.1. The minimum absolute atomic E-state index is 0. The highest BCUT2D eigenvalue weighted by Gasteiger charge is 2.51. The number of aromatic nitrogens is 8. The van der Waals surface area contributed by atoms with Crippen LogP contribution in [-0.2, 0) is 52.5 Å². The van der Waals surface area contributed by atoms with Gasteiger partial charge in [-0.05, 0) is 118 Å². The Morgan fingerprint density at radius 3 is 1.56 bits per heavy atom. The van der Waals surface area contributed by atoms with Crippen LogP contribution < -0.4 is 17.2 Å². The second kappa shape index (κ2) is 20.7. The molecule has 8 rings (SSSR count). The fourth-order valence-electron chi connectivity index (χ4n) is 7.29. The normalized spacial score (nSPS) is 14.2. The van der Waals surface area contributed by atoms with Crippen LogP contribution in [0.5, 0.6) is 0 Å². The first-order valence-electron chi connectivity index (χ1n) is 20.4. The summed E-state index contributed by atoms with van der Waals surface area (Å²) in [6, 6.07) is 16.7. The molecule has 0 atom stereocenters. The van der Waals surface area contributed by atoms with E-state index in [0.717, 1.165) is 83.5 Å². The first kappa shape index (κ1) is 47.7. The number of benzene rings is 2. The zero-order valence-electron chi connectivity index (χ0n) is 34.9. The highest BCUT2D eigenvalue weighted by molar-refractivity contribution is 6.32. The van der Waals surface area contributed by atoms with Crippen molar-refractivity contribution in [1.29, 1.82) is 0 Å². The smallest absolute Gasteiger partial charge is 0.228 e. The molecule has 16 heteroatoms. The molecular weight excluding hydrogens is 845 g/mol. The number of carbonyl (C=O) groups is 2. The van der Waals surface area contributed by atoms with Crippen molar-refractivity contribution in [2.24, 2.45) is 11.5 Å². The molecule has 0 aliphatic heterocycles. The number of anilines is 1. The molecule has 328 valence electrons. The van der Waals surface area contributed by atoms with Crippen molar-refractivity contribution in [3.8, 4) is 0 Å². The number of amides is 2. The van der Waals surface area contributed by atoms with Crippen molar-refractivity contribution in [3.05, 3.63) is 146 Å². The predicted octanol–water partition coefficient (Wildman–Crippen LogP) is 8.57. The van der Waals surface area contributed by atoms with Crippen LogP contribution in [-0.4, -0.2) is 51.3 Å². The number of nitrogens with zero attached hydrogens (tertiary/aromatic N) is 8. The summed E-state index contributed by atoms with van der Waals surface area (Å²) in [4.78, 5) is 40.9. The lowest BCUT2D eigenvalue weighted by Crippen LogP contribution is -2.29. The molecule has 2 amide bonds. The summed E-state index contributed by atoms with van der Waals surface area (Å²) in [5.41, 5.74) is 23.4. The van der Waals surface area contributed by atoms with Crippen LogP contribution in [0.1, 0.15) is 118 Å². The van der Waals surface area contributed by atoms with Gasteiger partial charge in [0.05, 0.1) is 56.5 Å². The van der Waals surface area contributed by atoms with Gasteiger partial charge in [0.15, 0.2) is 0 Å². The number of aryl methyl sites for hydroxylation is 4. The predicted molar refractivity (Wildman–Crippen MR) is 246 cm³/mol. The van der Waals surface area contributed by atoms with Gasteiger partial charge in [0.2, 0.25) is 17.1 Å². The van der Waals surface area contributed by atoms with E-state index in [-0.39, 0.29) is 24.5 Å². The van der Waals surface area contributed by atoms with Crippen molar-refractivity contribution in [3.63, 3.8) is 0 Å². The molecule has 62 heavy (non-hydrogen) atoms. The van der Waals surface area contributed by atoms with E-state index in [2.05, 4.69) is 58.9 Å². The van der Waals surface area contributed by atoms with Crippen LogP contribution in [0.3, 0.4) is 0 Å². The van der Waals surface area contributed by atoms with Gasteiger partial charge in [-0.25, -0.2) is 19.9 Å². The Balaban J connectivity index is 0.000000198.